The summed E-state index contributed by atoms with van der Waals surface area (Å²) < 4.78 is 22.3. The number of nitrogens with two attached hydrogens (primary N) is 1. The predicted molar refractivity (Wildman–Crippen MR) is 77.2 cm³/mol. The van der Waals surface area contributed by atoms with Crippen molar-refractivity contribution < 1.29 is 18.3 Å². The molecule has 1 heterocycles. The molecule has 0 bridgehead atoms. The van der Waals surface area contributed by atoms with Crippen molar-refractivity contribution in [3.63, 3.8) is 0 Å². The first-order valence-electron chi connectivity index (χ1n) is 6.56. The Morgan fingerprint density at radius 2 is 2.05 bits per heavy atom. The molecule has 1 aromatic rings. The van der Waals surface area contributed by atoms with Gasteiger partial charge < -0.3 is 10.4 Å². The average Bonchev–Trinajstić information content (AvgIpc) is 2.78. The number of likely N-dealkylation sites (N-methyl/N-ethyl adjacent to an activating group) is 1. The average molecular weight is 313 g/mol. The van der Waals surface area contributed by atoms with E-state index in [-0.39, 0.29) is 29.5 Å². The number of aliphatic hydroxyl groups is 1. The molecule has 1 amide bonds. The highest BCUT2D eigenvalue weighted by molar-refractivity contribution is 7.89. The lowest BCUT2D eigenvalue weighted by atomic mass is 10.1. The number of hydrogen-bond donors (Lipinski definition) is 3. The minimum atomic E-state index is -3.75. The number of sulfonamides is 1. The summed E-state index contributed by atoms with van der Waals surface area (Å²) in [4.78, 5) is 14.1. The molecular weight excluding hydrogens is 294 g/mol. The Balaban J connectivity index is 2.01. The van der Waals surface area contributed by atoms with Gasteiger partial charge in [-0.05, 0) is 37.7 Å². The second-order valence-electron chi connectivity index (χ2n) is 5.25. The van der Waals surface area contributed by atoms with Crippen molar-refractivity contribution in [3.05, 3.63) is 29.8 Å². The fraction of sp³-hybridized carbons (Fsp3) is 0.462. The minimum Gasteiger partial charge on any atom is -0.395 e. The fourth-order valence-electron chi connectivity index (χ4n) is 2.46. The number of primary sulfonamides is 1. The molecule has 0 spiro atoms. The first kappa shape index (κ1) is 15.9. The second kappa shape index (κ2) is 6.10. The number of benzene rings is 1. The van der Waals surface area contributed by atoms with Gasteiger partial charge in [-0.2, -0.15) is 0 Å². The maximum absolute atomic E-state index is 12.1. The molecule has 0 saturated carbocycles. The Morgan fingerprint density at radius 1 is 1.43 bits per heavy atom. The maximum Gasteiger partial charge on any atom is 0.251 e. The van der Waals surface area contributed by atoms with Crippen molar-refractivity contribution in [3.8, 4) is 0 Å². The van der Waals surface area contributed by atoms with E-state index in [1.165, 1.54) is 24.3 Å². The summed E-state index contributed by atoms with van der Waals surface area (Å²) in [6, 6.07) is 5.50. The Hall–Kier alpha value is -1.48. The van der Waals surface area contributed by atoms with E-state index in [0.29, 0.717) is 18.5 Å². The summed E-state index contributed by atoms with van der Waals surface area (Å²) in [5.74, 6) is -0.270. The van der Waals surface area contributed by atoms with Crippen LogP contribution < -0.4 is 10.5 Å². The molecule has 0 radical (unpaired) electrons. The normalized spacial score (nSPS) is 23.2. The monoisotopic (exact) mass is 313 g/mol. The highest BCUT2D eigenvalue weighted by atomic mass is 32.2. The molecule has 0 unspecified atom stereocenters. The number of nitrogens with zero attached hydrogens (tertiary/aromatic N) is 1. The van der Waals surface area contributed by atoms with Crippen molar-refractivity contribution in [1.82, 2.24) is 10.2 Å². The molecule has 1 aromatic carbocycles. The fourth-order valence-corrected chi connectivity index (χ4v) is 2.98. The lowest BCUT2D eigenvalue weighted by molar-refractivity contribution is 0.0938. The summed E-state index contributed by atoms with van der Waals surface area (Å²) in [6.07, 6.45) is 0.688. The number of rotatable bonds is 4. The Labute approximate surface area is 123 Å². The third-order valence-electron chi connectivity index (χ3n) is 3.68. The van der Waals surface area contributed by atoms with Crippen LogP contribution in [-0.2, 0) is 10.0 Å². The molecule has 1 saturated heterocycles. The molecule has 0 aliphatic carbocycles. The summed E-state index contributed by atoms with van der Waals surface area (Å²) in [5, 5.41) is 17.1. The summed E-state index contributed by atoms with van der Waals surface area (Å²) in [6.45, 7) is 0.734. The molecule has 21 heavy (non-hydrogen) atoms. The van der Waals surface area contributed by atoms with Crippen LogP contribution in [0.4, 0.5) is 0 Å². The number of nitrogens with one attached hydrogen (secondary N) is 1. The third-order valence-corrected chi connectivity index (χ3v) is 4.61. The van der Waals surface area contributed by atoms with Crippen LogP contribution in [0.3, 0.4) is 0 Å². The van der Waals surface area contributed by atoms with E-state index in [1.54, 1.807) is 0 Å². The van der Waals surface area contributed by atoms with Crippen molar-refractivity contribution in [2.24, 2.45) is 5.14 Å². The topological polar surface area (TPSA) is 113 Å². The van der Waals surface area contributed by atoms with Gasteiger partial charge in [0.15, 0.2) is 0 Å². The first-order valence-corrected chi connectivity index (χ1v) is 8.10. The molecule has 0 aromatic heterocycles. The van der Waals surface area contributed by atoms with Crippen LogP contribution in [-0.4, -0.2) is 56.6 Å². The van der Waals surface area contributed by atoms with Gasteiger partial charge in [-0.1, -0.05) is 0 Å². The molecule has 8 heteroatoms. The van der Waals surface area contributed by atoms with Gasteiger partial charge in [0.25, 0.3) is 5.91 Å². The molecular formula is C13H19N3O4S. The third kappa shape index (κ3) is 3.79. The number of hydrogen-bond acceptors (Lipinski definition) is 5. The van der Waals surface area contributed by atoms with E-state index in [0.717, 1.165) is 0 Å². The SMILES string of the molecule is CN1C[C@H](NC(=O)c2ccc(S(N)(=O)=O)cc2)C[C@H]1CO. The van der Waals surface area contributed by atoms with Crippen LogP contribution in [0.2, 0.25) is 0 Å². The lowest BCUT2D eigenvalue weighted by Crippen LogP contribution is -2.36. The van der Waals surface area contributed by atoms with Gasteiger partial charge in [-0.25, -0.2) is 13.6 Å². The highest BCUT2D eigenvalue weighted by Crippen LogP contribution is 2.16. The lowest BCUT2D eigenvalue weighted by Gasteiger charge is -2.15. The second-order valence-corrected chi connectivity index (χ2v) is 6.81. The van der Waals surface area contributed by atoms with Gasteiger partial charge in [0, 0.05) is 24.2 Å². The minimum absolute atomic E-state index is 0.0278. The Kier molecular flexibility index (Phi) is 4.62. The van der Waals surface area contributed by atoms with Crippen LogP contribution in [0.1, 0.15) is 16.8 Å². The number of likely N-dealkylation sites (tertiary alicyclic amines) is 1. The van der Waals surface area contributed by atoms with E-state index in [2.05, 4.69) is 5.32 Å². The van der Waals surface area contributed by atoms with E-state index in [1.807, 2.05) is 11.9 Å². The van der Waals surface area contributed by atoms with Crippen LogP contribution in [0.5, 0.6) is 0 Å². The van der Waals surface area contributed by atoms with Crippen LogP contribution in [0, 0.1) is 0 Å². The first-order chi connectivity index (χ1) is 9.81. The highest BCUT2D eigenvalue weighted by Gasteiger charge is 2.29. The van der Waals surface area contributed by atoms with Crippen molar-refractivity contribution in [1.29, 1.82) is 0 Å². The zero-order valence-corrected chi connectivity index (χ0v) is 12.5. The van der Waals surface area contributed by atoms with Gasteiger partial charge in [0.2, 0.25) is 10.0 Å². The molecule has 2 atom stereocenters. The standard InChI is InChI=1S/C13H19N3O4S/c1-16-7-10(6-11(16)8-17)15-13(18)9-2-4-12(5-3-9)21(14,19)20/h2-5,10-11,17H,6-8H2,1H3,(H,15,18)(H2,14,19,20)/t10-,11+/m1/s1. The van der Waals surface area contributed by atoms with Crippen molar-refractivity contribution in [2.45, 2.75) is 23.4 Å². The van der Waals surface area contributed by atoms with Crippen molar-refractivity contribution in [2.75, 3.05) is 20.2 Å². The summed E-state index contributed by atoms with van der Waals surface area (Å²) >= 11 is 0. The van der Waals surface area contributed by atoms with Gasteiger partial charge in [-0.15, -0.1) is 0 Å². The number of aliphatic hydroxyl groups excluding tert-OH is 1. The molecule has 1 aliphatic heterocycles. The van der Waals surface area contributed by atoms with Gasteiger partial charge in [0.1, 0.15) is 0 Å². The smallest absolute Gasteiger partial charge is 0.251 e. The molecule has 4 N–H and O–H groups in total. The number of carbonyl (C=O) groups excluding carboxylic acids is 1. The predicted octanol–water partition coefficient (Wildman–Crippen LogP) is -0.871. The zero-order chi connectivity index (χ0) is 15.6. The summed E-state index contributed by atoms with van der Waals surface area (Å²) in [5.41, 5.74) is 0.373. The molecule has 7 nitrogen and oxygen atoms in total. The molecule has 1 fully saturated rings. The van der Waals surface area contributed by atoms with Gasteiger partial charge in [0.05, 0.1) is 11.5 Å². The largest absolute Gasteiger partial charge is 0.395 e. The van der Waals surface area contributed by atoms with E-state index in [9.17, 15) is 18.3 Å². The summed E-state index contributed by atoms with van der Waals surface area (Å²) in [7, 11) is -1.86. The Bertz CT molecular complexity index is 615. The zero-order valence-electron chi connectivity index (χ0n) is 11.7. The van der Waals surface area contributed by atoms with Crippen LogP contribution in [0.25, 0.3) is 0 Å². The molecule has 116 valence electrons. The van der Waals surface area contributed by atoms with E-state index < -0.39 is 10.0 Å². The molecule has 2 rings (SSSR count). The quantitative estimate of drug-likeness (QED) is 0.669. The number of amides is 1. The van der Waals surface area contributed by atoms with E-state index in [4.69, 9.17) is 5.14 Å². The maximum atomic E-state index is 12.1. The van der Waals surface area contributed by atoms with E-state index >= 15 is 0 Å². The van der Waals surface area contributed by atoms with Crippen molar-refractivity contribution >= 4 is 15.9 Å². The molecule has 1 aliphatic rings. The number of carbonyl (C=O) groups is 1. The van der Waals surface area contributed by atoms with Gasteiger partial charge in [-0.3, -0.25) is 9.69 Å². The Morgan fingerprint density at radius 3 is 2.52 bits per heavy atom. The van der Waals surface area contributed by atoms with Crippen LogP contribution >= 0.6 is 0 Å². The van der Waals surface area contributed by atoms with Gasteiger partial charge >= 0.3 is 0 Å². The van der Waals surface area contributed by atoms with Crippen LogP contribution in [0.15, 0.2) is 29.2 Å².